The first-order valence-corrected chi connectivity index (χ1v) is 10.9. The second-order valence-corrected chi connectivity index (χ2v) is 8.10. The quantitative estimate of drug-likeness (QED) is 0.203. The zero-order valence-electron chi connectivity index (χ0n) is 16.2. The number of rotatable bonds is 10. The lowest BCUT2D eigenvalue weighted by molar-refractivity contribution is -0.116. The zero-order chi connectivity index (χ0) is 21.2. The van der Waals surface area contributed by atoms with Crippen LogP contribution >= 0.6 is 23.4 Å². The minimum absolute atomic E-state index is 0.00739. The number of hydrogen-bond donors (Lipinski definition) is 1. The largest absolute Gasteiger partial charge is 0.511 e. The van der Waals surface area contributed by atoms with E-state index in [9.17, 15) is 18.7 Å². The van der Waals surface area contributed by atoms with E-state index < -0.39 is 11.6 Å². The summed E-state index contributed by atoms with van der Waals surface area (Å²) in [6.45, 7) is 2.14. The van der Waals surface area contributed by atoms with E-state index in [0.29, 0.717) is 42.0 Å². The number of ketones is 1. The van der Waals surface area contributed by atoms with Crippen LogP contribution in [0.4, 0.5) is 8.78 Å². The number of aliphatic hydroxyl groups is 1. The van der Waals surface area contributed by atoms with Gasteiger partial charge in [-0.2, -0.15) is 0 Å². The Balaban J connectivity index is 1.97. The van der Waals surface area contributed by atoms with Crippen molar-refractivity contribution < 1.29 is 23.5 Å². The van der Waals surface area contributed by atoms with Crippen LogP contribution in [0, 0.1) is 17.6 Å². The van der Waals surface area contributed by atoms with E-state index in [1.165, 1.54) is 23.4 Å². The van der Waals surface area contributed by atoms with Gasteiger partial charge in [0.25, 0.3) is 0 Å². The molecule has 29 heavy (non-hydrogen) atoms. The standard InChI is InChI=1S/C21H24ClF2NO3S/c1-2-4-18(25-28-9-3-8-22)21-19(26)11-14(12-20(21)27)7-10-29-15-5-6-16(23)17(24)13-15/h3,5-6,8,13-14,26H,2,4,7,9-12H2,1H3. The Bertz CT molecular complexity index is 811. The van der Waals surface area contributed by atoms with Gasteiger partial charge in [-0.15, -0.1) is 11.8 Å². The molecule has 1 aromatic rings. The molecule has 0 saturated carbocycles. The second kappa shape index (κ2) is 12.0. The lowest BCUT2D eigenvalue weighted by Crippen LogP contribution is -2.25. The van der Waals surface area contributed by atoms with E-state index in [4.69, 9.17) is 16.4 Å². The van der Waals surface area contributed by atoms with Crippen LogP contribution in [-0.2, 0) is 9.63 Å². The van der Waals surface area contributed by atoms with Gasteiger partial charge in [0.1, 0.15) is 12.4 Å². The van der Waals surface area contributed by atoms with E-state index in [2.05, 4.69) is 5.16 Å². The fourth-order valence-corrected chi connectivity index (χ4v) is 4.17. The number of halogens is 3. The van der Waals surface area contributed by atoms with Gasteiger partial charge in [0.05, 0.1) is 11.3 Å². The van der Waals surface area contributed by atoms with Crippen LogP contribution in [0.15, 0.2) is 51.2 Å². The number of allylic oxidation sites excluding steroid dienone is 2. The summed E-state index contributed by atoms with van der Waals surface area (Å²) >= 11 is 6.83. The van der Waals surface area contributed by atoms with E-state index in [-0.39, 0.29) is 29.6 Å². The molecule has 0 amide bonds. The Morgan fingerprint density at radius 2 is 2.17 bits per heavy atom. The molecule has 1 aliphatic rings. The molecule has 1 N–H and O–H groups in total. The lowest BCUT2D eigenvalue weighted by atomic mass is 9.83. The number of oxime groups is 1. The Morgan fingerprint density at radius 3 is 2.83 bits per heavy atom. The van der Waals surface area contributed by atoms with Crippen molar-refractivity contribution in [3.05, 3.63) is 52.8 Å². The minimum Gasteiger partial charge on any atom is -0.511 e. The zero-order valence-corrected chi connectivity index (χ0v) is 17.7. The molecule has 1 unspecified atom stereocenters. The summed E-state index contributed by atoms with van der Waals surface area (Å²) in [5.41, 5.74) is 2.03. The molecule has 0 bridgehead atoms. The van der Waals surface area contributed by atoms with Gasteiger partial charge in [0, 0.05) is 23.3 Å². The molecular formula is C21H24ClF2NO3S. The highest BCUT2D eigenvalue weighted by Crippen LogP contribution is 2.32. The van der Waals surface area contributed by atoms with E-state index in [0.717, 1.165) is 18.6 Å². The molecule has 8 heteroatoms. The Labute approximate surface area is 178 Å². The summed E-state index contributed by atoms with van der Waals surface area (Å²) < 4.78 is 26.3. The Hall–Kier alpha value is -1.86. The van der Waals surface area contributed by atoms with Crippen molar-refractivity contribution in [1.29, 1.82) is 0 Å². The van der Waals surface area contributed by atoms with Crippen molar-refractivity contribution in [2.24, 2.45) is 11.1 Å². The van der Waals surface area contributed by atoms with Crippen molar-refractivity contribution in [2.45, 2.75) is 43.9 Å². The number of Topliss-reactive ketones (excluding diaryl/α,β-unsaturated/α-hetero) is 1. The van der Waals surface area contributed by atoms with Crippen LogP contribution in [-0.4, -0.2) is 29.0 Å². The highest BCUT2D eigenvalue weighted by molar-refractivity contribution is 7.99. The van der Waals surface area contributed by atoms with Crippen LogP contribution in [0.5, 0.6) is 0 Å². The molecule has 0 aliphatic heterocycles. The number of carbonyl (C=O) groups excluding carboxylic acids is 1. The molecule has 0 radical (unpaired) electrons. The van der Waals surface area contributed by atoms with Gasteiger partial charge >= 0.3 is 0 Å². The third kappa shape index (κ3) is 7.16. The first kappa shape index (κ1) is 23.4. The molecule has 0 aromatic heterocycles. The Kier molecular flexibility index (Phi) is 9.67. The molecule has 0 spiro atoms. The Morgan fingerprint density at radius 1 is 1.38 bits per heavy atom. The van der Waals surface area contributed by atoms with Gasteiger partial charge in [-0.1, -0.05) is 30.1 Å². The van der Waals surface area contributed by atoms with E-state index in [1.807, 2.05) is 6.92 Å². The topological polar surface area (TPSA) is 58.9 Å². The first-order valence-electron chi connectivity index (χ1n) is 9.43. The van der Waals surface area contributed by atoms with Crippen LogP contribution in [0.25, 0.3) is 0 Å². The number of thioether (sulfide) groups is 1. The SMILES string of the molecule is CCCC(=NOCC=CCl)C1=C(O)CC(CCSc2ccc(F)c(F)c2)CC1=O. The van der Waals surface area contributed by atoms with Gasteiger partial charge in [-0.3, -0.25) is 4.79 Å². The number of aliphatic hydroxyl groups excluding tert-OH is 1. The van der Waals surface area contributed by atoms with Crippen LogP contribution in [0.3, 0.4) is 0 Å². The average Bonchev–Trinajstić information content (AvgIpc) is 2.67. The van der Waals surface area contributed by atoms with Gasteiger partial charge in [-0.05, 0) is 48.8 Å². The highest BCUT2D eigenvalue weighted by atomic mass is 35.5. The van der Waals surface area contributed by atoms with Crippen molar-refractivity contribution in [3.63, 3.8) is 0 Å². The molecule has 1 atom stereocenters. The summed E-state index contributed by atoms with van der Waals surface area (Å²) in [5, 5.41) is 14.5. The van der Waals surface area contributed by atoms with Crippen molar-refractivity contribution in [1.82, 2.24) is 0 Å². The molecular weight excluding hydrogens is 420 g/mol. The summed E-state index contributed by atoms with van der Waals surface area (Å²) in [5.74, 6) is -1.24. The predicted octanol–water partition coefficient (Wildman–Crippen LogP) is 6.16. The fraction of sp³-hybridized carbons (Fsp3) is 0.429. The first-order chi connectivity index (χ1) is 14.0. The van der Waals surface area contributed by atoms with Crippen molar-refractivity contribution >= 4 is 34.9 Å². The van der Waals surface area contributed by atoms with Crippen molar-refractivity contribution in [2.75, 3.05) is 12.4 Å². The van der Waals surface area contributed by atoms with Crippen LogP contribution in [0.2, 0.25) is 0 Å². The van der Waals surface area contributed by atoms with Gasteiger partial charge in [0.15, 0.2) is 17.4 Å². The summed E-state index contributed by atoms with van der Waals surface area (Å²) in [4.78, 5) is 18.4. The monoisotopic (exact) mass is 443 g/mol. The van der Waals surface area contributed by atoms with Crippen LogP contribution in [0.1, 0.15) is 39.0 Å². The number of hydrogen-bond acceptors (Lipinski definition) is 5. The average molecular weight is 444 g/mol. The lowest BCUT2D eigenvalue weighted by Gasteiger charge is -2.23. The highest BCUT2D eigenvalue weighted by Gasteiger charge is 2.30. The predicted molar refractivity (Wildman–Crippen MR) is 112 cm³/mol. The molecule has 1 aromatic carbocycles. The maximum Gasteiger partial charge on any atom is 0.168 e. The smallest absolute Gasteiger partial charge is 0.168 e. The third-order valence-corrected chi connectivity index (χ3v) is 5.62. The van der Waals surface area contributed by atoms with Gasteiger partial charge < -0.3 is 9.94 Å². The summed E-state index contributed by atoms with van der Waals surface area (Å²) in [6.07, 6.45) is 4.21. The normalized spacial score (nSPS) is 18.0. The number of nitrogens with zero attached hydrogens (tertiary/aromatic N) is 1. The van der Waals surface area contributed by atoms with Gasteiger partial charge in [-0.25, -0.2) is 8.78 Å². The molecule has 4 nitrogen and oxygen atoms in total. The minimum atomic E-state index is -0.875. The molecule has 158 valence electrons. The molecule has 1 aliphatic carbocycles. The summed E-state index contributed by atoms with van der Waals surface area (Å²) in [7, 11) is 0. The third-order valence-electron chi connectivity index (χ3n) is 4.42. The molecule has 2 rings (SSSR count). The van der Waals surface area contributed by atoms with Gasteiger partial charge in [0.2, 0.25) is 0 Å². The maximum atomic E-state index is 13.3. The molecule has 0 fully saturated rings. The molecule has 0 heterocycles. The van der Waals surface area contributed by atoms with Crippen molar-refractivity contribution in [3.8, 4) is 0 Å². The second-order valence-electron chi connectivity index (χ2n) is 6.68. The number of benzene rings is 1. The van der Waals surface area contributed by atoms with Crippen LogP contribution < -0.4 is 0 Å². The van der Waals surface area contributed by atoms with E-state index in [1.54, 1.807) is 6.08 Å². The fourth-order valence-electron chi connectivity index (χ4n) is 3.06. The van der Waals surface area contributed by atoms with E-state index >= 15 is 0 Å². The number of carbonyl (C=O) groups is 1. The maximum absolute atomic E-state index is 13.3. The molecule has 0 saturated heterocycles. The summed E-state index contributed by atoms with van der Waals surface area (Å²) in [6, 6.07) is 3.79.